The first kappa shape index (κ1) is 17.1. The number of amides is 1. The number of hydrogen-bond acceptors (Lipinski definition) is 6. The molecule has 134 valence electrons. The summed E-state index contributed by atoms with van der Waals surface area (Å²) < 4.78 is 6.72. The fraction of sp³-hybridized carbons (Fsp3) is 0.562. The van der Waals surface area contributed by atoms with Crippen LogP contribution in [0.2, 0.25) is 0 Å². The Labute approximate surface area is 144 Å². The van der Waals surface area contributed by atoms with Gasteiger partial charge in [0.2, 0.25) is 5.91 Å². The van der Waals surface area contributed by atoms with Gasteiger partial charge in [-0.25, -0.2) is 9.48 Å². The van der Waals surface area contributed by atoms with Crippen molar-refractivity contribution in [1.82, 2.24) is 25.1 Å². The van der Waals surface area contributed by atoms with Gasteiger partial charge in [-0.1, -0.05) is 10.4 Å². The number of carboxylic acid groups (broad SMARTS) is 1. The van der Waals surface area contributed by atoms with Gasteiger partial charge in [0.1, 0.15) is 5.76 Å². The van der Waals surface area contributed by atoms with Crippen molar-refractivity contribution in [3.05, 3.63) is 28.9 Å². The van der Waals surface area contributed by atoms with Crippen molar-refractivity contribution in [3.8, 4) is 0 Å². The number of rotatable bonds is 4. The second-order valence-electron chi connectivity index (χ2n) is 6.43. The lowest BCUT2D eigenvalue weighted by Gasteiger charge is -2.34. The first-order valence-corrected chi connectivity index (χ1v) is 8.25. The van der Waals surface area contributed by atoms with Crippen LogP contribution in [0.1, 0.15) is 59.2 Å². The topological polar surface area (TPSA) is 114 Å². The molecule has 1 aliphatic rings. The zero-order chi connectivity index (χ0) is 18.1. The first-order valence-electron chi connectivity index (χ1n) is 8.25. The summed E-state index contributed by atoms with van der Waals surface area (Å²) >= 11 is 0. The van der Waals surface area contributed by atoms with Gasteiger partial charge in [-0.2, -0.15) is 0 Å². The second-order valence-corrected chi connectivity index (χ2v) is 6.43. The van der Waals surface area contributed by atoms with Crippen LogP contribution < -0.4 is 0 Å². The minimum atomic E-state index is -1.11. The van der Waals surface area contributed by atoms with Crippen LogP contribution >= 0.6 is 0 Å². The number of aromatic carboxylic acids is 1. The fourth-order valence-corrected chi connectivity index (χ4v) is 3.43. The van der Waals surface area contributed by atoms with Gasteiger partial charge in [0.05, 0.1) is 23.9 Å². The van der Waals surface area contributed by atoms with Gasteiger partial charge in [-0.05, 0) is 33.6 Å². The van der Waals surface area contributed by atoms with Gasteiger partial charge in [0.25, 0.3) is 0 Å². The molecule has 0 spiro atoms. The van der Waals surface area contributed by atoms with Crippen LogP contribution in [0.5, 0.6) is 0 Å². The van der Waals surface area contributed by atoms with E-state index in [1.807, 2.05) is 13.8 Å². The van der Waals surface area contributed by atoms with Crippen LogP contribution in [-0.2, 0) is 4.79 Å². The predicted octanol–water partition coefficient (Wildman–Crippen LogP) is 1.55. The Morgan fingerprint density at radius 3 is 2.76 bits per heavy atom. The molecule has 2 aromatic rings. The fourth-order valence-electron chi connectivity index (χ4n) is 3.43. The highest BCUT2D eigenvalue weighted by Gasteiger charge is 2.31. The van der Waals surface area contributed by atoms with E-state index in [1.54, 1.807) is 16.5 Å². The maximum absolute atomic E-state index is 12.9. The molecule has 0 bridgehead atoms. The van der Waals surface area contributed by atoms with Crippen molar-refractivity contribution in [1.29, 1.82) is 0 Å². The van der Waals surface area contributed by atoms with E-state index in [4.69, 9.17) is 9.63 Å². The zero-order valence-electron chi connectivity index (χ0n) is 14.5. The normalized spacial score (nSPS) is 19.0. The number of aryl methyl sites for hydroxylation is 2. The van der Waals surface area contributed by atoms with E-state index in [-0.39, 0.29) is 23.6 Å². The summed E-state index contributed by atoms with van der Waals surface area (Å²) in [7, 11) is 0. The molecule has 1 aliphatic heterocycles. The molecule has 2 atom stereocenters. The highest BCUT2D eigenvalue weighted by Crippen LogP contribution is 2.28. The molecule has 9 nitrogen and oxygen atoms in total. The number of nitrogens with zero attached hydrogens (tertiary/aromatic N) is 5. The smallest absolute Gasteiger partial charge is 0.358 e. The molecule has 3 rings (SSSR count). The summed E-state index contributed by atoms with van der Waals surface area (Å²) in [6.07, 6.45) is 3.07. The van der Waals surface area contributed by atoms with Gasteiger partial charge in [-0.15, -0.1) is 5.10 Å². The van der Waals surface area contributed by atoms with E-state index < -0.39 is 5.97 Å². The quantitative estimate of drug-likeness (QED) is 0.892. The molecule has 9 heteroatoms. The molecule has 1 N–H and O–H groups in total. The van der Waals surface area contributed by atoms with E-state index >= 15 is 0 Å². The first-order chi connectivity index (χ1) is 11.9. The Hall–Kier alpha value is -2.71. The van der Waals surface area contributed by atoms with Crippen LogP contribution in [0.4, 0.5) is 0 Å². The standard InChI is InChI=1S/C16H21N5O4/c1-9(14-10(2)18-25-11(14)3)15(22)20-6-4-5-12(7-20)21-8-13(16(23)24)17-19-21/h8-9,12H,4-7H2,1-3H3,(H,23,24). The predicted molar refractivity (Wildman–Crippen MR) is 86.2 cm³/mol. The largest absolute Gasteiger partial charge is 0.476 e. The van der Waals surface area contributed by atoms with Gasteiger partial charge >= 0.3 is 5.97 Å². The average Bonchev–Trinajstić information content (AvgIpc) is 3.21. The van der Waals surface area contributed by atoms with E-state index in [0.717, 1.165) is 24.1 Å². The van der Waals surface area contributed by atoms with Gasteiger partial charge in [0.15, 0.2) is 5.69 Å². The van der Waals surface area contributed by atoms with E-state index in [1.165, 1.54) is 6.20 Å². The summed E-state index contributed by atoms with van der Waals surface area (Å²) in [5, 5.41) is 20.4. The second kappa shape index (κ2) is 6.66. The number of piperidine rings is 1. The van der Waals surface area contributed by atoms with Gasteiger partial charge in [-0.3, -0.25) is 4.79 Å². The molecule has 1 amide bonds. The molecule has 0 aliphatic carbocycles. The lowest BCUT2D eigenvalue weighted by Crippen LogP contribution is -2.42. The van der Waals surface area contributed by atoms with Crippen molar-refractivity contribution < 1.29 is 19.2 Å². The maximum atomic E-state index is 12.9. The number of hydrogen-bond donors (Lipinski definition) is 1. The number of carboxylic acids is 1. The molecule has 2 aromatic heterocycles. The van der Waals surface area contributed by atoms with Crippen LogP contribution in [-0.4, -0.2) is 55.1 Å². The monoisotopic (exact) mass is 347 g/mol. The van der Waals surface area contributed by atoms with E-state index in [9.17, 15) is 9.59 Å². The Kier molecular flexibility index (Phi) is 4.56. The number of carbonyl (C=O) groups excluding carboxylic acids is 1. The number of likely N-dealkylation sites (tertiary alicyclic amines) is 1. The summed E-state index contributed by atoms with van der Waals surface area (Å²) in [5.41, 5.74) is 1.47. The molecule has 25 heavy (non-hydrogen) atoms. The Balaban J connectivity index is 1.74. The zero-order valence-corrected chi connectivity index (χ0v) is 14.5. The van der Waals surface area contributed by atoms with Crippen LogP contribution in [0.15, 0.2) is 10.7 Å². The number of aromatic nitrogens is 4. The third-order valence-corrected chi connectivity index (χ3v) is 4.70. The Morgan fingerprint density at radius 2 is 2.16 bits per heavy atom. The molecule has 0 radical (unpaired) electrons. The summed E-state index contributed by atoms with van der Waals surface area (Å²) in [6.45, 7) is 6.65. The average molecular weight is 347 g/mol. The molecular weight excluding hydrogens is 326 g/mol. The van der Waals surface area contributed by atoms with Crippen LogP contribution in [0, 0.1) is 13.8 Å². The molecule has 0 aromatic carbocycles. The van der Waals surface area contributed by atoms with Crippen molar-refractivity contribution >= 4 is 11.9 Å². The highest BCUT2D eigenvalue weighted by molar-refractivity contribution is 5.85. The molecule has 1 fully saturated rings. The van der Waals surface area contributed by atoms with Crippen molar-refractivity contribution in [2.45, 2.75) is 45.6 Å². The summed E-state index contributed by atoms with van der Waals surface area (Å²) in [4.78, 5) is 25.7. The minimum Gasteiger partial charge on any atom is -0.476 e. The third kappa shape index (κ3) is 3.26. The van der Waals surface area contributed by atoms with Crippen LogP contribution in [0.25, 0.3) is 0 Å². The number of carbonyl (C=O) groups is 2. The Bertz CT molecular complexity index is 777. The van der Waals surface area contributed by atoms with E-state index in [2.05, 4.69) is 15.5 Å². The summed E-state index contributed by atoms with van der Waals surface area (Å²) in [5.74, 6) is -0.774. The lowest BCUT2D eigenvalue weighted by molar-refractivity contribution is -0.134. The molecule has 2 unspecified atom stereocenters. The Morgan fingerprint density at radius 1 is 1.40 bits per heavy atom. The SMILES string of the molecule is Cc1noc(C)c1C(C)C(=O)N1CCCC(n2cc(C(=O)O)nn2)C1. The molecule has 3 heterocycles. The van der Waals surface area contributed by atoms with Crippen LogP contribution in [0.3, 0.4) is 0 Å². The van der Waals surface area contributed by atoms with Gasteiger partial charge in [0, 0.05) is 18.7 Å². The third-order valence-electron chi connectivity index (χ3n) is 4.70. The minimum absolute atomic E-state index is 0.0117. The molecule has 1 saturated heterocycles. The van der Waals surface area contributed by atoms with Crippen molar-refractivity contribution in [2.75, 3.05) is 13.1 Å². The summed E-state index contributed by atoms with van der Waals surface area (Å²) in [6, 6.07) is -0.0739. The highest BCUT2D eigenvalue weighted by atomic mass is 16.5. The molecular formula is C16H21N5O4. The molecule has 0 saturated carbocycles. The maximum Gasteiger partial charge on any atom is 0.358 e. The van der Waals surface area contributed by atoms with Crippen molar-refractivity contribution in [2.24, 2.45) is 0 Å². The lowest BCUT2D eigenvalue weighted by atomic mass is 9.96. The van der Waals surface area contributed by atoms with Gasteiger partial charge < -0.3 is 14.5 Å². The van der Waals surface area contributed by atoms with E-state index in [0.29, 0.717) is 18.8 Å². The van der Waals surface area contributed by atoms with Crippen molar-refractivity contribution in [3.63, 3.8) is 0 Å².